The second-order valence-electron chi connectivity index (χ2n) is 12.6. The van der Waals surface area contributed by atoms with Crippen LogP contribution < -0.4 is 9.80 Å². The Bertz CT molecular complexity index is 2260. The Balaban J connectivity index is 1.20. The molecule has 0 amide bonds. The van der Waals surface area contributed by atoms with Gasteiger partial charge in [-0.1, -0.05) is 152 Å². The van der Waals surface area contributed by atoms with E-state index in [9.17, 15) is 0 Å². The third kappa shape index (κ3) is 5.34. The van der Waals surface area contributed by atoms with Crippen LogP contribution >= 0.6 is 0 Å². The van der Waals surface area contributed by atoms with Crippen LogP contribution in [0.5, 0.6) is 0 Å². The number of hydrogen-bond acceptors (Lipinski definition) is 2. The summed E-state index contributed by atoms with van der Waals surface area (Å²) >= 11 is 0. The molecule has 1 aliphatic rings. The molecule has 0 N–H and O–H groups in total. The molecule has 0 bridgehead atoms. The maximum absolute atomic E-state index is 2.42. The molecule has 1 aliphatic heterocycles. The lowest BCUT2D eigenvalue weighted by molar-refractivity contribution is 1.25. The average molecular weight is 639 g/mol. The van der Waals surface area contributed by atoms with E-state index < -0.39 is 0 Å². The molecule has 9 rings (SSSR count). The molecular weight excluding hydrogens is 605 g/mol. The van der Waals surface area contributed by atoms with E-state index in [4.69, 9.17) is 0 Å². The van der Waals surface area contributed by atoms with Gasteiger partial charge in [0.05, 0.1) is 11.4 Å². The molecule has 0 radical (unpaired) electrons. The van der Waals surface area contributed by atoms with E-state index in [1.807, 2.05) is 0 Å². The molecule has 50 heavy (non-hydrogen) atoms. The normalized spacial score (nSPS) is 11.6. The van der Waals surface area contributed by atoms with Gasteiger partial charge in [-0.15, -0.1) is 0 Å². The summed E-state index contributed by atoms with van der Waals surface area (Å²) in [5.41, 5.74) is 16.4. The summed E-state index contributed by atoms with van der Waals surface area (Å²) in [7, 11) is 0. The standard InChI is InChI=1S/C48H34N2/c1-3-14-35(15-4-1)37-26-30-39(31-27-37)49(40-32-28-38(29-33-40)36-16-5-2-6-17-36)41-18-13-19-42(34-41)50-47-24-11-9-22-45(47)43-20-7-8-21-44(43)46-23-10-12-25-48(46)50/h1-34H. The zero-order valence-corrected chi connectivity index (χ0v) is 27.5. The molecule has 0 fully saturated rings. The van der Waals surface area contributed by atoms with Gasteiger partial charge in [0.1, 0.15) is 0 Å². The fraction of sp³-hybridized carbons (Fsp3) is 0. The van der Waals surface area contributed by atoms with Crippen molar-refractivity contribution in [1.82, 2.24) is 0 Å². The summed E-state index contributed by atoms with van der Waals surface area (Å²) in [5, 5.41) is 0. The Morgan fingerprint density at radius 1 is 0.280 bits per heavy atom. The number of anilines is 6. The molecule has 0 spiro atoms. The lowest BCUT2D eigenvalue weighted by Crippen LogP contribution is -2.13. The number of fused-ring (bicyclic) bond motifs is 5. The average Bonchev–Trinajstić information content (AvgIpc) is 3.32. The smallest absolute Gasteiger partial charge is 0.0540 e. The van der Waals surface area contributed by atoms with Crippen molar-refractivity contribution in [3.05, 3.63) is 206 Å². The first-order chi connectivity index (χ1) is 24.8. The summed E-state index contributed by atoms with van der Waals surface area (Å²) in [4.78, 5) is 4.78. The first-order valence-electron chi connectivity index (χ1n) is 17.1. The Hall–Kier alpha value is -6.64. The van der Waals surface area contributed by atoms with Crippen LogP contribution in [0.25, 0.3) is 44.5 Å². The monoisotopic (exact) mass is 638 g/mol. The van der Waals surface area contributed by atoms with Crippen molar-refractivity contribution in [3.63, 3.8) is 0 Å². The topological polar surface area (TPSA) is 6.48 Å². The van der Waals surface area contributed by atoms with Crippen LogP contribution in [0.4, 0.5) is 34.1 Å². The molecule has 1 heterocycles. The van der Waals surface area contributed by atoms with Gasteiger partial charge in [-0.25, -0.2) is 0 Å². The summed E-state index contributed by atoms with van der Waals surface area (Å²) in [6, 6.07) is 74.1. The summed E-state index contributed by atoms with van der Waals surface area (Å²) in [5.74, 6) is 0. The maximum Gasteiger partial charge on any atom is 0.0540 e. The van der Waals surface area contributed by atoms with Gasteiger partial charge < -0.3 is 9.80 Å². The minimum absolute atomic E-state index is 1.08. The molecule has 236 valence electrons. The fourth-order valence-corrected chi connectivity index (χ4v) is 7.24. The third-order valence-electron chi connectivity index (χ3n) is 9.61. The molecule has 0 aliphatic carbocycles. The molecule has 0 atom stereocenters. The van der Waals surface area contributed by atoms with Crippen molar-refractivity contribution in [3.8, 4) is 44.5 Å². The van der Waals surface area contributed by atoms with E-state index in [0.717, 1.165) is 34.1 Å². The molecule has 0 aromatic heterocycles. The predicted octanol–water partition coefficient (Wildman–Crippen LogP) is 13.6. The van der Waals surface area contributed by atoms with E-state index in [0.29, 0.717) is 0 Å². The van der Waals surface area contributed by atoms with E-state index >= 15 is 0 Å². The van der Waals surface area contributed by atoms with Gasteiger partial charge in [0, 0.05) is 33.9 Å². The number of nitrogens with zero attached hydrogens (tertiary/aromatic N) is 2. The molecule has 8 aromatic carbocycles. The van der Waals surface area contributed by atoms with Crippen molar-refractivity contribution >= 4 is 34.1 Å². The highest BCUT2D eigenvalue weighted by molar-refractivity contribution is 6.02. The zero-order chi connectivity index (χ0) is 33.3. The minimum atomic E-state index is 1.08. The molecule has 0 unspecified atom stereocenters. The van der Waals surface area contributed by atoms with Gasteiger partial charge in [0.25, 0.3) is 0 Å². The number of rotatable bonds is 6. The van der Waals surface area contributed by atoms with Crippen LogP contribution in [0.2, 0.25) is 0 Å². The molecule has 8 aromatic rings. The van der Waals surface area contributed by atoms with Crippen LogP contribution in [0, 0.1) is 0 Å². The van der Waals surface area contributed by atoms with Crippen LogP contribution in [-0.2, 0) is 0 Å². The summed E-state index contributed by atoms with van der Waals surface area (Å²) in [6.45, 7) is 0. The number of benzene rings is 8. The summed E-state index contributed by atoms with van der Waals surface area (Å²) in [6.07, 6.45) is 0. The molecular formula is C48H34N2. The second-order valence-corrected chi connectivity index (χ2v) is 12.6. The fourth-order valence-electron chi connectivity index (χ4n) is 7.24. The summed E-state index contributed by atoms with van der Waals surface area (Å²) < 4.78 is 0. The SMILES string of the molecule is c1ccc(-c2ccc(N(c3ccc(-c4ccccc4)cc3)c3cccc(N4c5ccccc5-c5ccccc5-c5ccccc54)c3)cc2)cc1. The van der Waals surface area contributed by atoms with E-state index in [1.165, 1.54) is 44.5 Å². The van der Waals surface area contributed by atoms with Crippen molar-refractivity contribution in [2.24, 2.45) is 0 Å². The minimum Gasteiger partial charge on any atom is -0.310 e. The zero-order valence-electron chi connectivity index (χ0n) is 27.5. The van der Waals surface area contributed by atoms with Gasteiger partial charge >= 0.3 is 0 Å². The van der Waals surface area contributed by atoms with Crippen LogP contribution in [-0.4, -0.2) is 0 Å². The highest BCUT2D eigenvalue weighted by Gasteiger charge is 2.26. The van der Waals surface area contributed by atoms with Gasteiger partial charge in [0.15, 0.2) is 0 Å². The molecule has 0 saturated carbocycles. The molecule has 2 nitrogen and oxygen atoms in total. The van der Waals surface area contributed by atoms with Gasteiger partial charge in [-0.3, -0.25) is 0 Å². The van der Waals surface area contributed by atoms with Crippen molar-refractivity contribution in [2.75, 3.05) is 9.80 Å². The molecule has 0 saturated heterocycles. The number of para-hydroxylation sites is 2. The lowest BCUT2D eigenvalue weighted by atomic mass is 9.95. The van der Waals surface area contributed by atoms with Crippen molar-refractivity contribution in [2.45, 2.75) is 0 Å². The van der Waals surface area contributed by atoms with Crippen LogP contribution in [0.3, 0.4) is 0 Å². The quantitative estimate of drug-likeness (QED) is 0.179. The van der Waals surface area contributed by atoms with E-state index in [1.54, 1.807) is 0 Å². The van der Waals surface area contributed by atoms with Crippen molar-refractivity contribution < 1.29 is 0 Å². The van der Waals surface area contributed by atoms with Crippen LogP contribution in [0.15, 0.2) is 206 Å². The lowest BCUT2D eigenvalue weighted by Gasteiger charge is -2.30. The maximum atomic E-state index is 2.42. The first kappa shape index (κ1) is 29.5. The van der Waals surface area contributed by atoms with Gasteiger partial charge in [0.2, 0.25) is 0 Å². The predicted molar refractivity (Wildman–Crippen MR) is 211 cm³/mol. The van der Waals surface area contributed by atoms with E-state index in [-0.39, 0.29) is 0 Å². The Morgan fingerprint density at radius 2 is 0.680 bits per heavy atom. The first-order valence-corrected chi connectivity index (χ1v) is 17.1. The van der Waals surface area contributed by atoms with Gasteiger partial charge in [-0.05, 0) is 88.0 Å². The largest absolute Gasteiger partial charge is 0.310 e. The van der Waals surface area contributed by atoms with Gasteiger partial charge in [-0.2, -0.15) is 0 Å². The van der Waals surface area contributed by atoms with Crippen molar-refractivity contribution in [1.29, 1.82) is 0 Å². The Labute approximate surface area is 293 Å². The second kappa shape index (κ2) is 12.8. The van der Waals surface area contributed by atoms with Crippen LogP contribution in [0.1, 0.15) is 0 Å². The highest BCUT2D eigenvalue weighted by atomic mass is 15.2. The van der Waals surface area contributed by atoms with E-state index in [2.05, 4.69) is 216 Å². The Morgan fingerprint density at radius 3 is 1.16 bits per heavy atom. The number of hydrogen-bond donors (Lipinski definition) is 0. The molecule has 2 heteroatoms. The highest BCUT2D eigenvalue weighted by Crippen LogP contribution is 2.51. The third-order valence-corrected chi connectivity index (χ3v) is 9.61. The Kier molecular flexibility index (Phi) is 7.53.